The Morgan fingerprint density at radius 3 is 2.33 bits per heavy atom. The lowest BCUT2D eigenvalue weighted by molar-refractivity contribution is 0.203. The zero-order valence-corrected chi connectivity index (χ0v) is 9.29. The van der Waals surface area contributed by atoms with E-state index in [9.17, 15) is 4.39 Å². The minimum absolute atomic E-state index is 0.235. The van der Waals surface area contributed by atoms with Crippen molar-refractivity contribution in [3.8, 4) is 6.07 Å². The predicted octanol–water partition coefficient (Wildman–Crippen LogP) is 2.56. The maximum absolute atomic E-state index is 12.7. The van der Waals surface area contributed by atoms with Crippen LogP contribution in [0.4, 0.5) is 4.39 Å². The van der Waals surface area contributed by atoms with Crippen molar-refractivity contribution in [1.82, 2.24) is 4.90 Å². The van der Waals surface area contributed by atoms with Crippen molar-refractivity contribution in [2.24, 2.45) is 0 Å². The van der Waals surface area contributed by atoms with Gasteiger partial charge < -0.3 is 0 Å². The van der Waals surface area contributed by atoms with Gasteiger partial charge in [-0.25, -0.2) is 4.39 Å². The molecule has 0 unspecified atom stereocenters. The molecule has 1 aromatic carbocycles. The van der Waals surface area contributed by atoms with E-state index < -0.39 is 5.54 Å². The van der Waals surface area contributed by atoms with Crippen molar-refractivity contribution < 1.29 is 4.39 Å². The molecule has 0 spiro atoms. The third-order valence-corrected chi connectivity index (χ3v) is 2.56. The van der Waals surface area contributed by atoms with Crippen LogP contribution in [0.25, 0.3) is 0 Å². The van der Waals surface area contributed by atoms with Crippen LogP contribution >= 0.6 is 0 Å². The van der Waals surface area contributed by atoms with Gasteiger partial charge in [0, 0.05) is 6.54 Å². The molecule has 0 fully saturated rings. The minimum atomic E-state index is -0.506. The highest BCUT2D eigenvalue weighted by atomic mass is 19.1. The summed E-state index contributed by atoms with van der Waals surface area (Å²) >= 11 is 0. The van der Waals surface area contributed by atoms with Crippen LogP contribution in [0, 0.1) is 17.1 Å². The lowest BCUT2D eigenvalue weighted by Crippen LogP contribution is -2.38. The quantitative estimate of drug-likeness (QED) is 0.760. The van der Waals surface area contributed by atoms with Gasteiger partial charge in [0.25, 0.3) is 0 Å². The number of halogens is 1. The van der Waals surface area contributed by atoms with Gasteiger partial charge in [-0.05, 0) is 38.6 Å². The molecule has 3 heteroatoms. The molecule has 0 aliphatic heterocycles. The van der Waals surface area contributed by atoms with E-state index in [1.54, 1.807) is 12.1 Å². The number of benzene rings is 1. The second-order valence-electron chi connectivity index (χ2n) is 4.15. The Hall–Kier alpha value is -1.40. The highest BCUT2D eigenvalue weighted by molar-refractivity contribution is 5.17. The number of hydrogen-bond donors (Lipinski definition) is 0. The van der Waals surface area contributed by atoms with Gasteiger partial charge in [0.15, 0.2) is 0 Å². The van der Waals surface area contributed by atoms with E-state index in [4.69, 9.17) is 5.26 Å². The van der Waals surface area contributed by atoms with Crippen LogP contribution in [0.3, 0.4) is 0 Å². The number of rotatable bonds is 3. The first kappa shape index (κ1) is 11.7. The maximum Gasteiger partial charge on any atom is 0.123 e. The van der Waals surface area contributed by atoms with E-state index in [1.807, 2.05) is 25.8 Å². The van der Waals surface area contributed by atoms with Crippen molar-refractivity contribution in [1.29, 1.82) is 5.26 Å². The molecule has 80 valence electrons. The lowest BCUT2D eigenvalue weighted by atomic mass is 10.1. The van der Waals surface area contributed by atoms with Crippen molar-refractivity contribution >= 4 is 0 Å². The minimum Gasteiger partial charge on any atom is -0.285 e. The van der Waals surface area contributed by atoms with Crippen LogP contribution in [0.1, 0.15) is 19.4 Å². The summed E-state index contributed by atoms with van der Waals surface area (Å²) in [7, 11) is 1.88. The molecule has 0 aliphatic rings. The zero-order valence-electron chi connectivity index (χ0n) is 9.29. The topological polar surface area (TPSA) is 27.0 Å². The summed E-state index contributed by atoms with van der Waals surface area (Å²) in [5, 5.41) is 8.93. The zero-order chi connectivity index (χ0) is 11.5. The summed E-state index contributed by atoms with van der Waals surface area (Å²) < 4.78 is 12.7. The molecule has 0 heterocycles. The molecule has 0 saturated heterocycles. The fourth-order valence-corrected chi connectivity index (χ4v) is 1.15. The first-order chi connectivity index (χ1) is 6.95. The molecule has 1 aromatic rings. The van der Waals surface area contributed by atoms with E-state index >= 15 is 0 Å². The van der Waals surface area contributed by atoms with Crippen molar-refractivity contribution in [2.75, 3.05) is 7.05 Å². The van der Waals surface area contributed by atoms with Gasteiger partial charge in [-0.1, -0.05) is 12.1 Å². The fraction of sp³-hybridized carbons (Fsp3) is 0.417. The van der Waals surface area contributed by atoms with Gasteiger partial charge in [-0.2, -0.15) is 5.26 Å². The number of nitriles is 1. The van der Waals surface area contributed by atoms with E-state index in [0.717, 1.165) is 5.56 Å². The SMILES string of the molecule is CN(Cc1ccc(F)cc1)C(C)(C)C#N. The number of nitrogens with zero attached hydrogens (tertiary/aromatic N) is 2. The van der Waals surface area contributed by atoms with Crippen LogP contribution < -0.4 is 0 Å². The van der Waals surface area contributed by atoms with E-state index in [1.165, 1.54) is 12.1 Å². The average molecular weight is 206 g/mol. The molecule has 0 amide bonds. The Morgan fingerprint density at radius 2 is 1.87 bits per heavy atom. The third-order valence-electron chi connectivity index (χ3n) is 2.56. The molecule has 0 N–H and O–H groups in total. The van der Waals surface area contributed by atoms with Crippen LogP contribution in [0.15, 0.2) is 24.3 Å². The van der Waals surface area contributed by atoms with Gasteiger partial charge in [0.2, 0.25) is 0 Å². The smallest absolute Gasteiger partial charge is 0.123 e. The van der Waals surface area contributed by atoms with Gasteiger partial charge in [-0.3, -0.25) is 4.90 Å². The Balaban J connectivity index is 2.71. The summed E-state index contributed by atoms with van der Waals surface area (Å²) in [5.74, 6) is -0.235. The summed E-state index contributed by atoms with van der Waals surface area (Å²) in [6.07, 6.45) is 0. The monoisotopic (exact) mass is 206 g/mol. The summed E-state index contributed by atoms with van der Waals surface area (Å²) in [5.41, 5.74) is 0.496. The molecular formula is C12H15FN2. The maximum atomic E-state index is 12.7. The van der Waals surface area contributed by atoms with E-state index in [0.29, 0.717) is 6.54 Å². The van der Waals surface area contributed by atoms with E-state index in [2.05, 4.69) is 6.07 Å². The molecular weight excluding hydrogens is 191 g/mol. The van der Waals surface area contributed by atoms with Gasteiger partial charge >= 0.3 is 0 Å². The van der Waals surface area contributed by atoms with Crippen molar-refractivity contribution in [3.05, 3.63) is 35.6 Å². The van der Waals surface area contributed by atoms with Crippen LogP contribution in [-0.4, -0.2) is 17.5 Å². The predicted molar refractivity (Wildman–Crippen MR) is 57.6 cm³/mol. The third kappa shape index (κ3) is 3.03. The summed E-state index contributed by atoms with van der Waals surface area (Å²) in [4.78, 5) is 1.93. The van der Waals surface area contributed by atoms with Gasteiger partial charge in [0.1, 0.15) is 11.4 Å². The molecule has 15 heavy (non-hydrogen) atoms. The van der Waals surface area contributed by atoms with Gasteiger partial charge in [0.05, 0.1) is 6.07 Å². The molecule has 0 bridgehead atoms. The Kier molecular flexibility index (Phi) is 3.43. The van der Waals surface area contributed by atoms with Crippen LogP contribution in [-0.2, 0) is 6.54 Å². The Labute approximate surface area is 89.9 Å². The van der Waals surface area contributed by atoms with Gasteiger partial charge in [-0.15, -0.1) is 0 Å². The average Bonchev–Trinajstić information content (AvgIpc) is 2.21. The summed E-state index contributed by atoms with van der Waals surface area (Å²) in [6, 6.07) is 8.56. The molecule has 0 atom stereocenters. The molecule has 0 aliphatic carbocycles. The first-order valence-electron chi connectivity index (χ1n) is 4.82. The first-order valence-corrected chi connectivity index (χ1v) is 4.82. The largest absolute Gasteiger partial charge is 0.285 e. The van der Waals surface area contributed by atoms with Crippen LogP contribution in [0.5, 0.6) is 0 Å². The Bertz CT molecular complexity index is 362. The Morgan fingerprint density at radius 1 is 1.33 bits per heavy atom. The lowest BCUT2D eigenvalue weighted by Gasteiger charge is -2.28. The second kappa shape index (κ2) is 4.41. The molecule has 0 aromatic heterocycles. The van der Waals surface area contributed by atoms with Crippen molar-refractivity contribution in [2.45, 2.75) is 25.9 Å². The van der Waals surface area contributed by atoms with Crippen LogP contribution in [0.2, 0.25) is 0 Å². The molecule has 2 nitrogen and oxygen atoms in total. The normalized spacial score (nSPS) is 11.5. The highest BCUT2D eigenvalue weighted by Crippen LogP contribution is 2.14. The molecule has 1 rings (SSSR count). The molecule has 0 radical (unpaired) electrons. The fourth-order valence-electron chi connectivity index (χ4n) is 1.15. The van der Waals surface area contributed by atoms with E-state index in [-0.39, 0.29) is 5.82 Å². The molecule has 0 saturated carbocycles. The second-order valence-corrected chi connectivity index (χ2v) is 4.15. The number of hydrogen-bond acceptors (Lipinski definition) is 2. The van der Waals surface area contributed by atoms with Crippen molar-refractivity contribution in [3.63, 3.8) is 0 Å². The highest BCUT2D eigenvalue weighted by Gasteiger charge is 2.22. The summed E-state index contributed by atoms with van der Waals surface area (Å²) in [6.45, 7) is 4.36. The standard InChI is InChI=1S/C12H15FN2/c1-12(2,9-14)15(3)8-10-4-6-11(13)7-5-10/h4-7H,8H2,1-3H3.